The lowest BCUT2D eigenvalue weighted by atomic mass is 9.81. The maximum Gasteiger partial charge on any atom is 0.0336 e. The molecule has 2 rings (SSSR count). The van der Waals surface area contributed by atoms with Gasteiger partial charge in [0.15, 0.2) is 0 Å². The second-order valence-corrected chi connectivity index (χ2v) is 3.64. The summed E-state index contributed by atoms with van der Waals surface area (Å²) in [5, 5.41) is 0. The van der Waals surface area contributed by atoms with Gasteiger partial charge in [-0.05, 0) is 19.3 Å². The molecule has 0 bridgehead atoms. The molecule has 1 spiro atoms. The highest BCUT2D eigenvalue weighted by Crippen LogP contribution is 2.31. The molecule has 0 unspecified atom stereocenters. The van der Waals surface area contributed by atoms with Crippen molar-refractivity contribution < 1.29 is 0 Å². The van der Waals surface area contributed by atoms with Crippen molar-refractivity contribution in [3.05, 3.63) is 0 Å². The molecule has 2 fully saturated rings. The van der Waals surface area contributed by atoms with E-state index in [4.69, 9.17) is 0 Å². The van der Waals surface area contributed by atoms with E-state index in [2.05, 4.69) is 10.9 Å². The van der Waals surface area contributed by atoms with Crippen molar-refractivity contribution in [1.82, 2.24) is 10.9 Å². The molecule has 0 aromatic rings. The minimum absolute atomic E-state index is 0. The summed E-state index contributed by atoms with van der Waals surface area (Å²) in [6.45, 7) is 1.17. The highest BCUT2D eigenvalue weighted by Gasteiger charge is 2.34. The molecule has 1 aliphatic heterocycles. The van der Waals surface area contributed by atoms with Crippen LogP contribution in [0.2, 0.25) is 0 Å². The standard InChI is InChI=1S/C8H16N2.ClH/c1-2-4-8(5-3-1)6-7-9-10-8;/h9-10H,1-7H2;1H. The molecule has 2 aliphatic rings. The van der Waals surface area contributed by atoms with Crippen LogP contribution in [-0.2, 0) is 0 Å². The predicted octanol–water partition coefficient (Wildman–Crippen LogP) is 1.61. The normalized spacial score (nSPS) is 28.4. The Hall–Kier alpha value is 0.210. The summed E-state index contributed by atoms with van der Waals surface area (Å²) in [7, 11) is 0. The molecule has 0 radical (unpaired) electrons. The van der Waals surface area contributed by atoms with Gasteiger partial charge in [0.2, 0.25) is 0 Å². The summed E-state index contributed by atoms with van der Waals surface area (Å²) in [4.78, 5) is 0. The molecule has 2 N–H and O–H groups in total. The van der Waals surface area contributed by atoms with Crippen LogP contribution < -0.4 is 10.9 Å². The Balaban J connectivity index is 0.000000605. The van der Waals surface area contributed by atoms with Gasteiger partial charge in [0.1, 0.15) is 0 Å². The SMILES string of the molecule is C1CCC2(CC1)CCNN2.Cl. The first-order valence-corrected chi connectivity index (χ1v) is 4.41. The van der Waals surface area contributed by atoms with Crippen LogP contribution >= 0.6 is 12.4 Å². The lowest BCUT2D eigenvalue weighted by Crippen LogP contribution is -2.44. The van der Waals surface area contributed by atoms with Gasteiger partial charge in [-0.25, -0.2) is 0 Å². The topological polar surface area (TPSA) is 24.1 Å². The molecule has 0 aromatic heterocycles. The Labute approximate surface area is 74.5 Å². The van der Waals surface area contributed by atoms with Gasteiger partial charge in [-0.15, -0.1) is 12.4 Å². The van der Waals surface area contributed by atoms with Gasteiger partial charge >= 0.3 is 0 Å². The minimum Gasteiger partial charge on any atom is -0.257 e. The molecule has 1 heterocycles. The molecular formula is C8H17ClN2. The van der Waals surface area contributed by atoms with E-state index in [0.29, 0.717) is 5.54 Å². The van der Waals surface area contributed by atoms with Crippen molar-refractivity contribution >= 4 is 12.4 Å². The molecule has 0 amide bonds. The third-order valence-corrected chi connectivity index (χ3v) is 2.89. The number of hydrogen-bond acceptors (Lipinski definition) is 2. The van der Waals surface area contributed by atoms with E-state index in [9.17, 15) is 0 Å². The Kier molecular flexibility index (Phi) is 3.16. The summed E-state index contributed by atoms with van der Waals surface area (Å²) in [5.41, 5.74) is 7.17. The molecule has 66 valence electrons. The van der Waals surface area contributed by atoms with Gasteiger partial charge < -0.3 is 0 Å². The largest absolute Gasteiger partial charge is 0.257 e. The number of rotatable bonds is 0. The minimum atomic E-state index is 0. The van der Waals surface area contributed by atoms with Crippen LogP contribution in [0.4, 0.5) is 0 Å². The first kappa shape index (κ1) is 9.30. The smallest absolute Gasteiger partial charge is 0.0336 e. The quantitative estimate of drug-likeness (QED) is 0.586. The molecule has 1 saturated carbocycles. The summed E-state index contributed by atoms with van der Waals surface area (Å²) in [5.74, 6) is 0. The first-order valence-electron chi connectivity index (χ1n) is 4.41. The zero-order chi connectivity index (χ0) is 6.86. The van der Waals surface area contributed by atoms with Gasteiger partial charge in [0.25, 0.3) is 0 Å². The average molecular weight is 177 g/mol. The monoisotopic (exact) mass is 176 g/mol. The third kappa shape index (κ3) is 1.86. The molecule has 0 atom stereocenters. The van der Waals surface area contributed by atoms with E-state index in [1.165, 1.54) is 45.1 Å². The number of hydrazine groups is 1. The zero-order valence-corrected chi connectivity index (χ0v) is 7.67. The Bertz CT molecular complexity index is 113. The fourth-order valence-corrected chi connectivity index (χ4v) is 2.22. The summed E-state index contributed by atoms with van der Waals surface area (Å²) in [6, 6.07) is 0. The second kappa shape index (κ2) is 3.74. The molecule has 1 aliphatic carbocycles. The maximum atomic E-state index is 3.42. The number of nitrogens with one attached hydrogen (secondary N) is 2. The Morgan fingerprint density at radius 2 is 1.64 bits per heavy atom. The van der Waals surface area contributed by atoms with Crippen molar-refractivity contribution in [3.63, 3.8) is 0 Å². The van der Waals surface area contributed by atoms with Gasteiger partial charge in [-0.1, -0.05) is 19.3 Å². The number of halogens is 1. The lowest BCUT2D eigenvalue weighted by Gasteiger charge is -2.32. The average Bonchev–Trinajstić information content (AvgIpc) is 2.39. The van der Waals surface area contributed by atoms with Gasteiger partial charge in [0.05, 0.1) is 0 Å². The van der Waals surface area contributed by atoms with Crippen molar-refractivity contribution in [2.24, 2.45) is 0 Å². The van der Waals surface area contributed by atoms with E-state index in [0.717, 1.165) is 0 Å². The maximum absolute atomic E-state index is 3.42. The second-order valence-electron chi connectivity index (χ2n) is 3.64. The van der Waals surface area contributed by atoms with Gasteiger partial charge in [-0.3, -0.25) is 10.9 Å². The lowest BCUT2D eigenvalue weighted by molar-refractivity contribution is 0.253. The molecule has 0 aromatic carbocycles. The van der Waals surface area contributed by atoms with Crippen molar-refractivity contribution in [3.8, 4) is 0 Å². The molecule has 1 saturated heterocycles. The van der Waals surface area contributed by atoms with Crippen LogP contribution in [0.3, 0.4) is 0 Å². The van der Waals surface area contributed by atoms with Gasteiger partial charge in [0, 0.05) is 12.1 Å². The summed E-state index contributed by atoms with van der Waals surface area (Å²) in [6.07, 6.45) is 8.42. The van der Waals surface area contributed by atoms with Crippen LogP contribution in [0.1, 0.15) is 38.5 Å². The number of hydrogen-bond donors (Lipinski definition) is 2. The van der Waals surface area contributed by atoms with Crippen LogP contribution in [0.15, 0.2) is 0 Å². The predicted molar refractivity (Wildman–Crippen MR) is 48.8 cm³/mol. The third-order valence-electron chi connectivity index (χ3n) is 2.89. The van der Waals surface area contributed by atoms with E-state index in [1.807, 2.05) is 0 Å². The fraction of sp³-hybridized carbons (Fsp3) is 1.00. The Morgan fingerprint density at radius 3 is 2.18 bits per heavy atom. The molecule has 2 nitrogen and oxygen atoms in total. The van der Waals surface area contributed by atoms with Crippen LogP contribution in [0, 0.1) is 0 Å². The van der Waals surface area contributed by atoms with Gasteiger partial charge in [-0.2, -0.15) is 0 Å². The van der Waals surface area contributed by atoms with Crippen LogP contribution in [0.25, 0.3) is 0 Å². The van der Waals surface area contributed by atoms with E-state index in [1.54, 1.807) is 0 Å². The van der Waals surface area contributed by atoms with Crippen molar-refractivity contribution in [2.45, 2.75) is 44.1 Å². The van der Waals surface area contributed by atoms with E-state index < -0.39 is 0 Å². The van der Waals surface area contributed by atoms with Crippen molar-refractivity contribution in [1.29, 1.82) is 0 Å². The molecule has 11 heavy (non-hydrogen) atoms. The van der Waals surface area contributed by atoms with Crippen molar-refractivity contribution in [2.75, 3.05) is 6.54 Å². The zero-order valence-electron chi connectivity index (χ0n) is 6.86. The van der Waals surface area contributed by atoms with E-state index in [-0.39, 0.29) is 12.4 Å². The summed E-state index contributed by atoms with van der Waals surface area (Å²) < 4.78 is 0. The van der Waals surface area contributed by atoms with Crippen LogP contribution in [0.5, 0.6) is 0 Å². The molecule has 3 heteroatoms. The fourth-order valence-electron chi connectivity index (χ4n) is 2.22. The Morgan fingerprint density at radius 1 is 0.909 bits per heavy atom. The molecular weight excluding hydrogens is 160 g/mol. The summed E-state index contributed by atoms with van der Waals surface area (Å²) >= 11 is 0. The first-order chi connectivity index (χ1) is 4.91. The van der Waals surface area contributed by atoms with Crippen LogP contribution in [-0.4, -0.2) is 12.1 Å². The van der Waals surface area contributed by atoms with E-state index >= 15 is 0 Å². The highest BCUT2D eigenvalue weighted by molar-refractivity contribution is 5.85. The highest BCUT2D eigenvalue weighted by atomic mass is 35.5.